The van der Waals surface area contributed by atoms with E-state index >= 15 is 0 Å². The fourth-order valence-corrected chi connectivity index (χ4v) is 2.09. The number of imidazole rings is 1. The molecule has 0 saturated carbocycles. The first kappa shape index (κ1) is 13.9. The van der Waals surface area contributed by atoms with E-state index < -0.39 is 0 Å². The lowest BCUT2D eigenvalue weighted by Gasteiger charge is -2.03. The van der Waals surface area contributed by atoms with Crippen molar-refractivity contribution in [2.75, 3.05) is 0 Å². The second-order valence-corrected chi connectivity index (χ2v) is 4.75. The van der Waals surface area contributed by atoms with Crippen molar-refractivity contribution in [3.05, 3.63) is 60.7 Å². The minimum atomic E-state index is -0.136. The zero-order valence-corrected chi connectivity index (χ0v) is 11.9. The molecule has 3 rings (SSSR count). The van der Waals surface area contributed by atoms with Gasteiger partial charge in [-0.3, -0.25) is 9.78 Å². The van der Waals surface area contributed by atoms with Crippen LogP contribution in [0.4, 0.5) is 0 Å². The van der Waals surface area contributed by atoms with Crippen LogP contribution in [0.15, 0.2) is 60.2 Å². The number of fused-ring (bicyclic) bond motifs is 1. The Morgan fingerprint density at radius 1 is 1.23 bits per heavy atom. The van der Waals surface area contributed by atoms with Gasteiger partial charge in [0, 0.05) is 25.4 Å². The molecule has 6 heteroatoms. The second-order valence-electron chi connectivity index (χ2n) is 4.75. The number of nitrogens with one attached hydrogen (secondary N) is 1. The third kappa shape index (κ3) is 3.35. The summed E-state index contributed by atoms with van der Waals surface area (Å²) in [5, 5.41) is 3.93. The normalized spacial score (nSPS) is 11.1. The van der Waals surface area contributed by atoms with Crippen LogP contribution in [0.2, 0.25) is 0 Å². The minimum Gasteiger partial charge on any atom is -0.330 e. The molecule has 6 nitrogen and oxygen atoms in total. The van der Waals surface area contributed by atoms with Gasteiger partial charge in [0.2, 0.25) is 5.91 Å². The SMILES string of the molecule is O=C(CCn1cnc2ccccc21)NN=Cc1ccncc1. The number of aryl methyl sites for hydroxylation is 1. The Balaban J connectivity index is 1.53. The monoisotopic (exact) mass is 293 g/mol. The van der Waals surface area contributed by atoms with Crippen molar-refractivity contribution >= 4 is 23.2 Å². The van der Waals surface area contributed by atoms with E-state index in [4.69, 9.17) is 0 Å². The molecule has 2 heterocycles. The lowest BCUT2D eigenvalue weighted by Crippen LogP contribution is -2.19. The van der Waals surface area contributed by atoms with E-state index in [-0.39, 0.29) is 5.91 Å². The maximum Gasteiger partial charge on any atom is 0.241 e. The molecule has 1 aromatic carbocycles. The summed E-state index contributed by atoms with van der Waals surface area (Å²) in [6, 6.07) is 11.5. The maximum atomic E-state index is 11.8. The van der Waals surface area contributed by atoms with E-state index in [1.807, 2.05) is 41.0 Å². The van der Waals surface area contributed by atoms with Gasteiger partial charge in [-0.2, -0.15) is 5.10 Å². The van der Waals surface area contributed by atoms with E-state index in [1.54, 1.807) is 24.9 Å². The van der Waals surface area contributed by atoms with Crippen LogP contribution >= 0.6 is 0 Å². The van der Waals surface area contributed by atoms with Gasteiger partial charge in [-0.1, -0.05) is 12.1 Å². The highest BCUT2D eigenvalue weighted by Gasteiger charge is 2.04. The number of hydrogen-bond donors (Lipinski definition) is 1. The molecule has 3 aromatic rings. The molecule has 0 saturated heterocycles. The molecule has 2 aromatic heterocycles. The number of carbonyl (C=O) groups is 1. The molecule has 1 amide bonds. The molecule has 0 spiro atoms. The number of para-hydroxylation sites is 2. The number of hydrogen-bond acceptors (Lipinski definition) is 4. The molecule has 0 bridgehead atoms. The minimum absolute atomic E-state index is 0.136. The highest BCUT2D eigenvalue weighted by Crippen LogP contribution is 2.11. The number of nitrogens with zero attached hydrogens (tertiary/aromatic N) is 4. The van der Waals surface area contributed by atoms with E-state index in [9.17, 15) is 4.79 Å². The topological polar surface area (TPSA) is 72.2 Å². The van der Waals surface area contributed by atoms with Crippen LogP contribution in [0.1, 0.15) is 12.0 Å². The summed E-state index contributed by atoms with van der Waals surface area (Å²) in [6.45, 7) is 0.567. The summed E-state index contributed by atoms with van der Waals surface area (Å²) in [4.78, 5) is 20.0. The summed E-state index contributed by atoms with van der Waals surface area (Å²) in [6.07, 6.45) is 7.03. The molecule has 0 unspecified atom stereocenters. The van der Waals surface area contributed by atoms with Crippen molar-refractivity contribution < 1.29 is 4.79 Å². The molecular weight excluding hydrogens is 278 g/mol. The fourth-order valence-electron chi connectivity index (χ4n) is 2.09. The summed E-state index contributed by atoms with van der Waals surface area (Å²) >= 11 is 0. The van der Waals surface area contributed by atoms with Crippen LogP contribution in [0, 0.1) is 0 Å². The van der Waals surface area contributed by atoms with Crippen molar-refractivity contribution in [3.63, 3.8) is 0 Å². The van der Waals surface area contributed by atoms with E-state index in [0.29, 0.717) is 13.0 Å². The first-order chi connectivity index (χ1) is 10.8. The highest BCUT2D eigenvalue weighted by molar-refractivity contribution is 5.82. The Morgan fingerprint density at radius 2 is 2.05 bits per heavy atom. The molecule has 0 aliphatic heterocycles. The molecule has 1 N–H and O–H groups in total. The predicted molar refractivity (Wildman–Crippen MR) is 84.3 cm³/mol. The second kappa shape index (κ2) is 6.62. The van der Waals surface area contributed by atoms with Gasteiger partial charge in [-0.25, -0.2) is 10.4 Å². The molecule has 0 atom stereocenters. The first-order valence-electron chi connectivity index (χ1n) is 6.95. The molecule has 110 valence electrons. The van der Waals surface area contributed by atoms with E-state index in [1.165, 1.54) is 0 Å². The van der Waals surface area contributed by atoms with Crippen LogP contribution in [-0.4, -0.2) is 26.7 Å². The lowest BCUT2D eigenvalue weighted by molar-refractivity contribution is -0.121. The summed E-state index contributed by atoms with van der Waals surface area (Å²) in [5.41, 5.74) is 5.36. The molecule has 0 fully saturated rings. The Kier molecular flexibility index (Phi) is 4.20. The predicted octanol–water partition coefficient (Wildman–Crippen LogP) is 1.97. The van der Waals surface area contributed by atoms with Crippen LogP contribution < -0.4 is 5.43 Å². The van der Waals surface area contributed by atoms with Gasteiger partial charge in [-0.15, -0.1) is 0 Å². The van der Waals surface area contributed by atoms with Gasteiger partial charge in [0.15, 0.2) is 0 Å². The van der Waals surface area contributed by atoms with Crippen LogP contribution in [0.3, 0.4) is 0 Å². The van der Waals surface area contributed by atoms with Gasteiger partial charge in [-0.05, 0) is 29.8 Å². The number of pyridine rings is 1. The van der Waals surface area contributed by atoms with Crippen molar-refractivity contribution in [1.82, 2.24) is 20.0 Å². The van der Waals surface area contributed by atoms with Crippen LogP contribution in [0.5, 0.6) is 0 Å². The first-order valence-corrected chi connectivity index (χ1v) is 6.95. The number of amides is 1. The molecule has 0 aliphatic rings. The van der Waals surface area contributed by atoms with Crippen molar-refractivity contribution in [2.24, 2.45) is 5.10 Å². The third-order valence-electron chi connectivity index (χ3n) is 3.22. The van der Waals surface area contributed by atoms with Crippen molar-refractivity contribution in [3.8, 4) is 0 Å². The van der Waals surface area contributed by atoms with Crippen molar-refractivity contribution in [2.45, 2.75) is 13.0 Å². The summed E-state index contributed by atoms with van der Waals surface area (Å²) in [5.74, 6) is -0.136. The average molecular weight is 293 g/mol. The van der Waals surface area contributed by atoms with Gasteiger partial charge >= 0.3 is 0 Å². The smallest absolute Gasteiger partial charge is 0.241 e. The molecular formula is C16H15N5O. The number of hydrazone groups is 1. The number of aromatic nitrogens is 3. The molecule has 0 aliphatic carbocycles. The number of benzene rings is 1. The maximum absolute atomic E-state index is 11.8. The van der Waals surface area contributed by atoms with E-state index in [0.717, 1.165) is 16.6 Å². The Labute approximate surface area is 127 Å². The average Bonchev–Trinajstić information content (AvgIpc) is 2.97. The Morgan fingerprint density at radius 3 is 2.91 bits per heavy atom. The van der Waals surface area contributed by atoms with Gasteiger partial charge in [0.25, 0.3) is 0 Å². The Hall–Kier alpha value is -3.02. The Bertz CT molecular complexity index is 794. The molecule has 22 heavy (non-hydrogen) atoms. The van der Waals surface area contributed by atoms with E-state index in [2.05, 4.69) is 20.5 Å². The largest absolute Gasteiger partial charge is 0.330 e. The van der Waals surface area contributed by atoms with Crippen LogP contribution in [-0.2, 0) is 11.3 Å². The highest BCUT2D eigenvalue weighted by atomic mass is 16.2. The molecule has 0 radical (unpaired) electrons. The lowest BCUT2D eigenvalue weighted by atomic mass is 10.3. The quantitative estimate of drug-likeness (QED) is 0.577. The zero-order chi connectivity index (χ0) is 15.2. The van der Waals surface area contributed by atoms with Gasteiger partial charge in [0.1, 0.15) is 0 Å². The summed E-state index contributed by atoms with van der Waals surface area (Å²) < 4.78 is 1.96. The third-order valence-corrected chi connectivity index (χ3v) is 3.22. The van der Waals surface area contributed by atoms with Gasteiger partial charge < -0.3 is 4.57 Å². The van der Waals surface area contributed by atoms with Gasteiger partial charge in [0.05, 0.1) is 23.6 Å². The number of rotatable bonds is 5. The zero-order valence-electron chi connectivity index (χ0n) is 11.9. The van der Waals surface area contributed by atoms with Crippen molar-refractivity contribution in [1.29, 1.82) is 0 Å². The standard InChI is InChI=1S/C16H15N5O/c22-16(20-19-11-13-5-8-17-9-6-13)7-10-21-12-18-14-3-1-2-4-15(14)21/h1-6,8-9,11-12H,7,10H2,(H,20,22). The number of carbonyl (C=O) groups excluding carboxylic acids is 1. The fraction of sp³-hybridized carbons (Fsp3) is 0.125. The summed E-state index contributed by atoms with van der Waals surface area (Å²) in [7, 11) is 0. The van der Waals surface area contributed by atoms with Crippen LogP contribution in [0.25, 0.3) is 11.0 Å².